The Labute approximate surface area is 159 Å². The predicted octanol–water partition coefficient (Wildman–Crippen LogP) is 3.73. The first-order valence-electron chi connectivity index (χ1n) is 8.34. The van der Waals surface area contributed by atoms with Crippen LogP contribution < -0.4 is 10.2 Å². The van der Waals surface area contributed by atoms with Crippen LogP contribution in [0.2, 0.25) is 0 Å². The molecule has 0 atom stereocenters. The number of aryl methyl sites for hydroxylation is 1. The Morgan fingerprint density at radius 3 is 2.78 bits per heavy atom. The summed E-state index contributed by atoms with van der Waals surface area (Å²) < 4.78 is 4.96. The molecule has 27 heavy (non-hydrogen) atoms. The topological polar surface area (TPSA) is 84.2 Å². The SMILES string of the molecule is Cc1cc(NC(=O)CN(C)c2ncnc3sc(-c4ccccc4)cc23)no1. The molecular formula is C19H17N5O2S. The van der Waals surface area contributed by atoms with E-state index in [1.807, 2.05) is 25.2 Å². The van der Waals surface area contributed by atoms with Crippen LogP contribution in [0.3, 0.4) is 0 Å². The van der Waals surface area contributed by atoms with Gasteiger partial charge < -0.3 is 14.7 Å². The normalized spacial score (nSPS) is 10.9. The van der Waals surface area contributed by atoms with E-state index in [9.17, 15) is 4.79 Å². The molecular weight excluding hydrogens is 362 g/mol. The average Bonchev–Trinajstić information content (AvgIpc) is 3.28. The minimum absolute atomic E-state index is 0.133. The highest BCUT2D eigenvalue weighted by atomic mass is 32.1. The van der Waals surface area contributed by atoms with Crippen LogP contribution >= 0.6 is 11.3 Å². The minimum atomic E-state index is -0.198. The number of thiophene rings is 1. The molecule has 3 aromatic heterocycles. The van der Waals surface area contributed by atoms with Crippen LogP contribution in [0.4, 0.5) is 11.6 Å². The largest absolute Gasteiger partial charge is 0.360 e. The molecule has 0 aliphatic heterocycles. The standard InChI is InChI=1S/C19H17N5O2S/c1-12-8-16(23-26-12)22-17(25)10-24(2)18-14-9-15(13-6-4-3-5-7-13)27-19(14)21-11-20-18/h3-9,11H,10H2,1-2H3,(H,22,23,25). The summed E-state index contributed by atoms with van der Waals surface area (Å²) in [6.45, 7) is 1.90. The van der Waals surface area contributed by atoms with Crippen molar-refractivity contribution in [3.8, 4) is 10.4 Å². The lowest BCUT2D eigenvalue weighted by Crippen LogP contribution is -2.30. The Kier molecular flexibility index (Phi) is 4.55. The maximum Gasteiger partial charge on any atom is 0.245 e. The maximum absolute atomic E-state index is 12.3. The molecule has 7 nitrogen and oxygen atoms in total. The van der Waals surface area contributed by atoms with Crippen molar-refractivity contribution in [2.75, 3.05) is 23.8 Å². The van der Waals surface area contributed by atoms with Crippen LogP contribution in [0.5, 0.6) is 0 Å². The second-order valence-corrected chi connectivity index (χ2v) is 7.15. The van der Waals surface area contributed by atoms with Gasteiger partial charge in [0.05, 0.1) is 11.9 Å². The van der Waals surface area contributed by atoms with E-state index >= 15 is 0 Å². The van der Waals surface area contributed by atoms with Crippen LogP contribution in [0.1, 0.15) is 5.76 Å². The zero-order valence-corrected chi connectivity index (χ0v) is 15.7. The quantitative estimate of drug-likeness (QED) is 0.569. The van der Waals surface area contributed by atoms with E-state index in [1.165, 1.54) is 6.33 Å². The molecule has 8 heteroatoms. The number of aromatic nitrogens is 3. The molecule has 0 saturated heterocycles. The average molecular weight is 379 g/mol. The van der Waals surface area contributed by atoms with Gasteiger partial charge in [-0.2, -0.15) is 0 Å². The molecule has 3 heterocycles. The molecule has 136 valence electrons. The molecule has 4 aromatic rings. The second-order valence-electron chi connectivity index (χ2n) is 6.12. The Bertz CT molecular complexity index is 1090. The van der Waals surface area contributed by atoms with E-state index in [2.05, 4.69) is 38.6 Å². The number of amides is 1. The van der Waals surface area contributed by atoms with Crippen LogP contribution in [0, 0.1) is 6.92 Å². The van der Waals surface area contributed by atoms with E-state index in [4.69, 9.17) is 4.52 Å². The van der Waals surface area contributed by atoms with Crippen LogP contribution in [0.15, 0.2) is 53.3 Å². The highest BCUT2D eigenvalue weighted by Crippen LogP contribution is 2.35. The summed E-state index contributed by atoms with van der Waals surface area (Å²) in [6, 6.07) is 13.9. The van der Waals surface area contributed by atoms with E-state index in [1.54, 1.807) is 29.2 Å². The fraction of sp³-hybridized carbons (Fsp3) is 0.158. The molecule has 4 rings (SSSR count). The highest BCUT2D eigenvalue weighted by Gasteiger charge is 2.16. The lowest BCUT2D eigenvalue weighted by atomic mass is 10.2. The molecule has 0 aliphatic carbocycles. The Morgan fingerprint density at radius 1 is 1.22 bits per heavy atom. The number of likely N-dealkylation sites (N-methyl/N-ethyl adjacent to an activating group) is 1. The second kappa shape index (κ2) is 7.16. The zero-order valence-electron chi connectivity index (χ0n) is 14.8. The van der Waals surface area contributed by atoms with E-state index in [-0.39, 0.29) is 12.5 Å². The highest BCUT2D eigenvalue weighted by molar-refractivity contribution is 7.21. The summed E-state index contributed by atoms with van der Waals surface area (Å²) in [6.07, 6.45) is 1.53. The summed E-state index contributed by atoms with van der Waals surface area (Å²) in [5.74, 6) is 1.56. The van der Waals surface area contributed by atoms with Crippen molar-refractivity contribution in [2.24, 2.45) is 0 Å². The van der Waals surface area contributed by atoms with Gasteiger partial charge in [-0.15, -0.1) is 11.3 Å². The molecule has 0 saturated carbocycles. The number of rotatable bonds is 5. The monoisotopic (exact) mass is 379 g/mol. The number of fused-ring (bicyclic) bond motifs is 1. The van der Waals surface area contributed by atoms with Gasteiger partial charge >= 0.3 is 0 Å². The summed E-state index contributed by atoms with van der Waals surface area (Å²) in [5.41, 5.74) is 1.13. The van der Waals surface area contributed by atoms with Crippen molar-refractivity contribution in [2.45, 2.75) is 6.92 Å². The molecule has 0 unspecified atom stereocenters. The fourth-order valence-electron chi connectivity index (χ4n) is 2.79. The molecule has 0 spiro atoms. The molecule has 0 fully saturated rings. The first-order chi connectivity index (χ1) is 13.1. The van der Waals surface area contributed by atoms with Gasteiger partial charge in [0.2, 0.25) is 5.91 Å². The first-order valence-corrected chi connectivity index (χ1v) is 9.16. The van der Waals surface area contributed by atoms with Crippen molar-refractivity contribution in [1.82, 2.24) is 15.1 Å². The van der Waals surface area contributed by atoms with Gasteiger partial charge in [-0.05, 0) is 18.6 Å². The number of nitrogens with zero attached hydrogens (tertiary/aromatic N) is 4. The number of hydrogen-bond donors (Lipinski definition) is 1. The summed E-state index contributed by atoms with van der Waals surface area (Å²) in [7, 11) is 1.83. The summed E-state index contributed by atoms with van der Waals surface area (Å²) in [4.78, 5) is 24.9. The Balaban J connectivity index is 1.57. The summed E-state index contributed by atoms with van der Waals surface area (Å²) in [5, 5.41) is 7.41. The van der Waals surface area contributed by atoms with Gasteiger partial charge in [0, 0.05) is 18.0 Å². The third kappa shape index (κ3) is 3.65. The number of nitrogens with one attached hydrogen (secondary N) is 1. The van der Waals surface area contributed by atoms with Gasteiger partial charge in [-0.1, -0.05) is 35.5 Å². The van der Waals surface area contributed by atoms with Crippen LogP contribution in [-0.2, 0) is 4.79 Å². The van der Waals surface area contributed by atoms with Crippen LogP contribution in [0.25, 0.3) is 20.7 Å². The molecule has 0 aliphatic rings. The van der Waals surface area contributed by atoms with Gasteiger partial charge in [0.15, 0.2) is 5.82 Å². The lowest BCUT2D eigenvalue weighted by molar-refractivity contribution is -0.115. The zero-order chi connectivity index (χ0) is 18.8. The number of hydrogen-bond acceptors (Lipinski definition) is 7. The molecule has 1 aromatic carbocycles. The fourth-order valence-corrected chi connectivity index (χ4v) is 3.79. The summed E-state index contributed by atoms with van der Waals surface area (Å²) >= 11 is 1.61. The van der Waals surface area contributed by atoms with Crippen molar-refractivity contribution < 1.29 is 9.32 Å². The number of carbonyl (C=O) groups excluding carboxylic acids is 1. The molecule has 1 amide bonds. The predicted molar refractivity (Wildman–Crippen MR) is 106 cm³/mol. The third-order valence-corrected chi connectivity index (χ3v) is 5.10. The van der Waals surface area contributed by atoms with Gasteiger partial charge in [-0.25, -0.2) is 9.97 Å². The van der Waals surface area contributed by atoms with Crippen LogP contribution in [-0.4, -0.2) is 34.6 Å². The van der Waals surface area contributed by atoms with Gasteiger partial charge in [0.1, 0.15) is 22.7 Å². The van der Waals surface area contributed by atoms with E-state index < -0.39 is 0 Å². The van der Waals surface area contributed by atoms with Crippen molar-refractivity contribution in [1.29, 1.82) is 0 Å². The van der Waals surface area contributed by atoms with Gasteiger partial charge in [-0.3, -0.25) is 4.79 Å². The third-order valence-electron chi connectivity index (χ3n) is 4.00. The van der Waals surface area contributed by atoms with E-state index in [0.29, 0.717) is 17.4 Å². The number of benzene rings is 1. The maximum atomic E-state index is 12.3. The lowest BCUT2D eigenvalue weighted by Gasteiger charge is -2.17. The minimum Gasteiger partial charge on any atom is -0.360 e. The number of anilines is 2. The van der Waals surface area contributed by atoms with Gasteiger partial charge in [0.25, 0.3) is 0 Å². The van der Waals surface area contributed by atoms with Crippen molar-refractivity contribution in [3.63, 3.8) is 0 Å². The molecule has 0 radical (unpaired) electrons. The Morgan fingerprint density at radius 2 is 2.04 bits per heavy atom. The van der Waals surface area contributed by atoms with Crippen molar-refractivity contribution >= 4 is 39.1 Å². The van der Waals surface area contributed by atoms with E-state index in [0.717, 1.165) is 20.7 Å². The number of carbonyl (C=O) groups is 1. The Hall–Kier alpha value is -3.26. The molecule has 0 bridgehead atoms. The molecule has 1 N–H and O–H groups in total. The first kappa shape index (κ1) is 17.2. The van der Waals surface area contributed by atoms with Crippen molar-refractivity contribution in [3.05, 3.63) is 54.6 Å². The smallest absolute Gasteiger partial charge is 0.245 e.